The zero-order valence-corrected chi connectivity index (χ0v) is 14.1. The largest absolute Gasteiger partial charge is 0.498 e. The van der Waals surface area contributed by atoms with Crippen LogP contribution in [0, 0.1) is 4.77 Å². The van der Waals surface area contributed by atoms with E-state index in [9.17, 15) is 13.2 Å². The van der Waals surface area contributed by atoms with Gasteiger partial charge in [-0.25, -0.2) is 0 Å². The van der Waals surface area contributed by atoms with E-state index in [2.05, 4.69) is 4.98 Å². The Balaban J connectivity index is 2.52. The summed E-state index contributed by atoms with van der Waals surface area (Å²) in [6.07, 6.45) is -0.849. The van der Waals surface area contributed by atoms with E-state index in [-0.39, 0.29) is 17.9 Å². The van der Waals surface area contributed by atoms with Gasteiger partial charge in [0, 0.05) is 18.9 Å². The number of aromatic nitrogens is 2. The molecule has 1 aliphatic carbocycles. The Morgan fingerprint density at radius 1 is 1.50 bits per heavy atom. The number of nitrogens with one attached hydrogen (secondary N) is 1. The monoisotopic (exact) mass is 392 g/mol. The molecule has 0 spiro atoms. The molecule has 0 radical (unpaired) electrons. The van der Waals surface area contributed by atoms with Gasteiger partial charge >= 0.3 is 6.18 Å². The van der Waals surface area contributed by atoms with Gasteiger partial charge < -0.3 is 14.3 Å². The normalized spacial score (nSPS) is 26.1. The third kappa shape index (κ3) is 2.91. The zero-order chi connectivity index (χ0) is 16.7. The summed E-state index contributed by atoms with van der Waals surface area (Å²) in [5, 5.41) is -1.66. The number of methoxy groups -OCH3 is 1. The van der Waals surface area contributed by atoms with Crippen LogP contribution in [-0.2, 0) is 11.3 Å². The first-order valence-electron chi connectivity index (χ1n) is 5.91. The Morgan fingerprint density at radius 2 is 2.14 bits per heavy atom. The van der Waals surface area contributed by atoms with Crippen molar-refractivity contribution in [1.29, 1.82) is 0 Å². The highest BCUT2D eigenvalue weighted by Crippen LogP contribution is 2.50. The number of allylic oxidation sites excluding steroid dienone is 3. The second-order valence-electron chi connectivity index (χ2n) is 4.57. The maximum Gasteiger partial charge on any atom is 0.416 e. The van der Waals surface area contributed by atoms with Crippen molar-refractivity contribution in [3.8, 4) is 0 Å². The molecule has 122 valence electrons. The summed E-state index contributed by atoms with van der Waals surface area (Å²) >= 11 is 22.7. The SMILES string of the molecule is COC1=C(Cl)C(Cl)(C(F)(F)F)C=C(Cn2cc[nH]c2=S)C1Cl. The summed E-state index contributed by atoms with van der Waals surface area (Å²) in [4.78, 5) is -0.135. The molecule has 0 bridgehead atoms. The number of ether oxygens (including phenoxy) is 1. The molecule has 0 saturated carbocycles. The van der Waals surface area contributed by atoms with E-state index in [0.29, 0.717) is 4.77 Å². The smallest absolute Gasteiger partial charge is 0.416 e. The molecule has 2 atom stereocenters. The number of imidazole rings is 1. The maximum atomic E-state index is 13.3. The van der Waals surface area contributed by atoms with Crippen LogP contribution in [0.15, 0.2) is 34.8 Å². The minimum absolute atomic E-state index is 0.0259. The molecule has 1 aromatic rings. The first-order chi connectivity index (χ1) is 10.1. The van der Waals surface area contributed by atoms with Gasteiger partial charge in [-0.15, -0.1) is 11.6 Å². The van der Waals surface area contributed by atoms with Crippen molar-refractivity contribution in [2.45, 2.75) is 23.0 Å². The molecule has 0 saturated heterocycles. The summed E-state index contributed by atoms with van der Waals surface area (Å²) in [5.74, 6) is -0.227. The van der Waals surface area contributed by atoms with Gasteiger partial charge in [0.25, 0.3) is 0 Å². The summed E-state index contributed by atoms with van der Waals surface area (Å²) in [5.41, 5.74) is 0.186. The summed E-state index contributed by atoms with van der Waals surface area (Å²) in [6.45, 7) is 0.0259. The Labute approximate surface area is 144 Å². The third-order valence-electron chi connectivity index (χ3n) is 3.18. The molecule has 10 heteroatoms. The number of aromatic amines is 1. The van der Waals surface area contributed by atoms with Gasteiger partial charge in [-0.2, -0.15) is 13.2 Å². The molecule has 1 heterocycles. The fourth-order valence-corrected chi connectivity index (χ4v) is 3.21. The fourth-order valence-electron chi connectivity index (χ4n) is 2.05. The van der Waals surface area contributed by atoms with E-state index >= 15 is 0 Å². The highest BCUT2D eigenvalue weighted by atomic mass is 35.5. The number of nitrogens with zero attached hydrogens (tertiary/aromatic N) is 1. The molecule has 0 aromatic carbocycles. The third-order valence-corrected chi connectivity index (χ3v) is 5.11. The second kappa shape index (κ2) is 6.11. The van der Waals surface area contributed by atoms with Gasteiger partial charge in [0.2, 0.25) is 0 Å². The molecule has 1 aliphatic rings. The first kappa shape index (κ1) is 17.7. The van der Waals surface area contributed by atoms with Crippen LogP contribution >= 0.6 is 47.0 Å². The van der Waals surface area contributed by atoms with Crippen LogP contribution in [0.25, 0.3) is 0 Å². The number of hydrogen-bond acceptors (Lipinski definition) is 2. The molecule has 0 amide bonds. The molecule has 2 unspecified atom stereocenters. The lowest BCUT2D eigenvalue weighted by atomic mass is 9.93. The maximum absolute atomic E-state index is 13.3. The quantitative estimate of drug-likeness (QED) is 0.457. The molecule has 1 aromatic heterocycles. The molecule has 1 N–H and O–H groups in total. The van der Waals surface area contributed by atoms with E-state index in [1.807, 2.05) is 0 Å². The van der Waals surface area contributed by atoms with Crippen LogP contribution in [-0.4, -0.2) is 33.1 Å². The molecule has 3 nitrogen and oxygen atoms in total. The van der Waals surface area contributed by atoms with Crippen molar-refractivity contribution in [1.82, 2.24) is 9.55 Å². The number of alkyl halides is 5. The lowest BCUT2D eigenvalue weighted by Crippen LogP contribution is -2.43. The minimum atomic E-state index is -4.81. The van der Waals surface area contributed by atoms with Crippen molar-refractivity contribution in [3.63, 3.8) is 0 Å². The predicted molar refractivity (Wildman–Crippen MR) is 81.9 cm³/mol. The van der Waals surface area contributed by atoms with Crippen LogP contribution in [0.3, 0.4) is 0 Å². The highest BCUT2D eigenvalue weighted by molar-refractivity contribution is 7.71. The Morgan fingerprint density at radius 3 is 2.59 bits per heavy atom. The first-order valence-corrected chi connectivity index (χ1v) is 7.51. The van der Waals surface area contributed by atoms with Gasteiger partial charge in [0.05, 0.1) is 12.1 Å². The fraction of sp³-hybridized carbons (Fsp3) is 0.417. The topological polar surface area (TPSA) is 29.9 Å². The number of rotatable bonds is 3. The van der Waals surface area contributed by atoms with E-state index in [0.717, 1.165) is 6.08 Å². The van der Waals surface area contributed by atoms with Crippen molar-refractivity contribution >= 4 is 47.0 Å². The average molecular weight is 394 g/mol. The standard InChI is InChI=1S/C12H10Cl3F3N2OS/c1-21-8-7(13)6(5-20-3-2-19-10(20)22)4-11(15,9(8)14)12(16,17)18/h2-4,7H,5H2,1H3,(H,19,22). The summed E-state index contributed by atoms with van der Waals surface area (Å²) in [7, 11) is 1.19. The van der Waals surface area contributed by atoms with Crippen LogP contribution in [0.4, 0.5) is 13.2 Å². The summed E-state index contributed by atoms with van der Waals surface area (Å²) < 4.78 is 46.8. The lowest BCUT2D eigenvalue weighted by molar-refractivity contribution is -0.141. The van der Waals surface area contributed by atoms with Crippen molar-refractivity contribution < 1.29 is 17.9 Å². The van der Waals surface area contributed by atoms with E-state index in [1.54, 1.807) is 12.4 Å². The van der Waals surface area contributed by atoms with Crippen LogP contribution in [0.5, 0.6) is 0 Å². The van der Waals surface area contributed by atoms with Gasteiger partial charge in [0.1, 0.15) is 11.1 Å². The Kier molecular flexibility index (Phi) is 4.92. The zero-order valence-electron chi connectivity index (χ0n) is 11.0. The molecule has 2 rings (SSSR count). The number of H-pyrrole nitrogens is 1. The van der Waals surface area contributed by atoms with Crippen molar-refractivity contribution in [2.24, 2.45) is 0 Å². The van der Waals surface area contributed by atoms with E-state index in [1.165, 1.54) is 11.7 Å². The predicted octanol–water partition coefficient (Wildman–Crippen LogP) is 4.73. The molecular weight excluding hydrogens is 384 g/mol. The van der Waals surface area contributed by atoms with E-state index < -0.39 is 21.5 Å². The van der Waals surface area contributed by atoms with Gasteiger partial charge in [0.15, 0.2) is 9.65 Å². The van der Waals surface area contributed by atoms with Crippen LogP contribution in [0.2, 0.25) is 0 Å². The van der Waals surface area contributed by atoms with E-state index in [4.69, 9.17) is 51.8 Å². The molecular formula is C12H10Cl3F3N2OS. The van der Waals surface area contributed by atoms with Gasteiger partial charge in [-0.05, 0) is 23.9 Å². The Hall–Kier alpha value is -0.630. The Bertz CT molecular complexity index is 694. The average Bonchev–Trinajstić information content (AvgIpc) is 2.81. The van der Waals surface area contributed by atoms with Gasteiger partial charge in [-0.1, -0.05) is 23.2 Å². The summed E-state index contributed by atoms with van der Waals surface area (Å²) in [6, 6.07) is 0. The number of halogens is 6. The molecule has 22 heavy (non-hydrogen) atoms. The molecule has 0 fully saturated rings. The number of hydrogen-bond donors (Lipinski definition) is 1. The van der Waals surface area contributed by atoms with Crippen molar-refractivity contribution in [3.05, 3.63) is 39.6 Å². The highest BCUT2D eigenvalue weighted by Gasteiger charge is 2.58. The lowest BCUT2D eigenvalue weighted by Gasteiger charge is -2.34. The second-order valence-corrected chi connectivity index (χ2v) is 6.36. The van der Waals surface area contributed by atoms with Gasteiger partial charge in [-0.3, -0.25) is 0 Å². The van der Waals surface area contributed by atoms with Crippen LogP contribution < -0.4 is 0 Å². The van der Waals surface area contributed by atoms with Crippen molar-refractivity contribution in [2.75, 3.05) is 7.11 Å². The van der Waals surface area contributed by atoms with Crippen LogP contribution in [0.1, 0.15) is 0 Å². The minimum Gasteiger partial charge on any atom is -0.498 e. The molecule has 0 aliphatic heterocycles.